The molecule has 128 valence electrons. The van der Waals surface area contributed by atoms with Gasteiger partial charge in [-0.15, -0.1) is 11.3 Å². The van der Waals surface area contributed by atoms with Crippen molar-refractivity contribution in [3.8, 4) is 6.01 Å². The summed E-state index contributed by atoms with van der Waals surface area (Å²) in [7, 11) is 0. The molecule has 2 saturated heterocycles. The van der Waals surface area contributed by atoms with Gasteiger partial charge in [0.1, 0.15) is 6.10 Å². The molecule has 2 fully saturated rings. The Labute approximate surface area is 146 Å². The smallest absolute Gasteiger partial charge is 0.316 e. The van der Waals surface area contributed by atoms with Crippen molar-refractivity contribution >= 4 is 11.3 Å². The number of ether oxygens (including phenoxy) is 2. The highest BCUT2D eigenvalue weighted by Gasteiger charge is 2.44. The maximum absolute atomic E-state index is 6.22. The molecule has 0 N–H and O–H groups in total. The molecule has 1 spiro atoms. The summed E-state index contributed by atoms with van der Waals surface area (Å²) in [5.74, 6) is 0. The van der Waals surface area contributed by atoms with E-state index >= 15 is 0 Å². The van der Waals surface area contributed by atoms with E-state index < -0.39 is 0 Å². The zero-order valence-corrected chi connectivity index (χ0v) is 14.8. The summed E-state index contributed by atoms with van der Waals surface area (Å²) in [6.07, 6.45) is 6.68. The molecule has 4 heterocycles. The molecule has 0 amide bonds. The van der Waals surface area contributed by atoms with Gasteiger partial charge in [-0.3, -0.25) is 4.90 Å². The van der Waals surface area contributed by atoms with Crippen molar-refractivity contribution in [1.29, 1.82) is 0 Å². The van der Waals surface area contributed by atoms with Crippen LogP contribution in [0.3, 0.4) is 0 Å². The number of aromatic nitrogens is 2. The first-order chi connectivity index (χ1) is 11.7. The highest BCUT2D eigenvalue weighted by Crippen LogP contribution is 2.36. The maximum Gasteiger partial charge on any atom is 0.316 e. The largest absolute Gasteiger partial charge is 0.458 e. The van der Waals surface area contributed by atoms with Crippen LogP contribution >= 0.6 is 11.3 Å². The lowest BCUT2D eigenvalue weighted by Gasteiger charge is -2.39. The molecule has 0 aliphatic carbocycles. The van der Waals surface area contributed by atoms with Crippen molar-refractivity contribution in [3.05, 3.63) is 40.3 Å². The molecule has 5 nitrogen and oxygen atoms in total. The van der Waals surface area contributed by atoms with Gasteiger partial charge in [0.05, 0.1) is 12.2 Å². The minimum absolute atomic E-state index is 0.0522. The van der Waals surface area contributed by atoms with Gasteiger partial charge in [0, 0.05) is 41.7 Å². The van der Waals surface area contributed by atoms with Crippen LogP contribution in [0.25, 0.3) is 0 Å². The van der Waals surface area contributed by atoms with Crippen molar-refractivity contribution < 1.29 is 9.47 Å². The molecule has 0 radical (unpaired) electrons. The summed E-state index contributed by atoms with van der Waals surface area (Å²) in [5, 5.41) is 0. The van der Waals surface area contributed by atoms with Crippen LogP contribution in [0.15, 0.2) is 30.6 Å². The fourth-order valence-electron chi connectivity index (χ4n) is 3.77. The van der Waals surface area contributed by atoms with Crippen molar-refractivity contribution in [1.82, 2.24) is 14.9 Å². The van der Waals surface area contributed by atoms with E-state index in [4.69, 9.17) is 9.47 Å². The normalized spacial score (nSPS) is 27.6. The Morgan fingerprint density at radius 3 is 3.04 bits per heavy atom. The Morgan fingerprint density at radius 2 is 2.25 bits per heavy atom. The SMILES string of the molecule is Cc1ccc(CN2CCC[C@@]3(C[C@H](Oc4ncccn4)CO3)C2)s1. The number of piperidine rings is 1. The van der Waals surface area contributed by atoms with Crippen LogP contribution in [0, 0.1) is 6.92 Å². The van der Waals surface area contributed by atoms with E-state index in [2.05, 4.69) is 33.9 Å². The number of likely N-dealkylation sites (tertiary alicyclic amines) is 1. The lowest BCUT2D eigenvalue weighted by molar-refractivity contribution is -0.0536. The van der Waals surface area contributed by atoms with Crippen molar-refractivity contribution in [2.75, 3.05) is 19.7 Å². The van der Waals surface area contributed by atoms with Gasteiger partial charge in [-0.1, -0.05) is 0 Å². The van der Waals surface area contributed by atoms with E-state index in [1.807, 2.05) is 11.3 Å². The molecule has 6 heteroatoms. The number of thiophene rings is 1. The summed E-state index contributed by atoms with van der Waals surface area (Å²) in [5.41, 5.74) is -0.0655. The molecular formula is C18H23N3O2S. The molecule has 24 heavy (non-hydrogen) atoms. The minimum Gasteiger partial charge on any atom is -0.458 e. The number of nitrogens with zero attached hydrogens (tertiary/aromatic N) is 3. The highest BCUT2D eigenvalue weighted by atomic mass is 32.1. The van der Waals surface area contributed by atoms with Gasteiger partial charge in [0.25, 0.3) is 0 Å². The fourth-order valence-corrected chi connectivity index (χ4v) is 4.71. The van der Waals surface area contributed by atoms with E-state index in [0.717, 1.165) is 32.5 Å². The Kier molecular flexibility index (Phi) is 4.52. The van der Waals surface area contributed by atoms with Gasteiger partial charge in [-0.2, -0.15) is 0 Å². The Morgan fingerprint density at radius 1 is 1.38 bits per heavy atom. The first-order valence-electron chi connectivity index (χ1n) is 8.56. The van der Waals surface area contributed by atoms with Crippen molar-refractivity contribution in [2.45, 2.75) is 44.4 Å². The third-order valence-electron chi connectivity index (χ3n) is 4.78. The van der Waals surface area contributed by atoms with E-state index in [1.165, 1.54) is 16.2 Å². The van der Waals surface area contributed by atoms with Crippen LogP contribution in [0.5, 0.6) is 6.01 Å². The fraction of sp³-hybridized carbons (Fsp3) is 0.556. The molecule has 0 bridgehead atoms. The van der Waals surface area contributed by atoms with E-state index in [9.17, 15) is 0 Å². The van der Waals surface area contributed by atoms with E-state index in [1.54, 1.807) is 18.5 Å². The number of rotatable bonds is 4. The van der Waals surface area contributed by atoms with Crippen LogP contribution in [-0.2, 0) is 11.3 Å². The predicted octanol–water partition coefficient (Wildman–Crippen LogP) is 3.05. The van der Waals surface area contributed by atoms with Crippen molar-refractivity contribution in [3.63, 3.8) is 0 Å². The lowest BCUT2D eigenvalue weighted by atomic mass is 9.89. The van der Waals surface area contributed by atoms with Crippen LogP contribution < -0.4 is 4.74 Å². The van der Waals surface area contributed by atoms with E-state index in [0.29, 0.717) is 12.6 Å². The predicted molar refractivity (Wildman–Crippen MR) is 93.3 cm³/mol. The zero-order chi connectivity index (χ0) is 16.4. The second-order valence-electron chi connectivity index (χ2n) is 6.80. The number of aryl methyl sites for hydroxylation is 1. The average Bonchev–Trinajstić information content (AvgIpc) is 3.15. The summed E-state index contributed by atoms with van der Waals surface area (Å²) in [6.45, 7) is 5.95. The minimum atomic E-state index is -0.0655. The van der Waals surface area contributed by atoms with Gasteiger partial charge < -0.3 is 9.47 Å². The van der Waals surface area contributed by atoms with Crippen LogP contribution in [-0.4, -0.2) is 46.3 Å². The Hall–Kier alpha value is -1.50. The highest BCUT2D eigenvalue weighted by molar-refractivity contribution is 7.11. The van der Waals surface area contributed by atoms with Crippen molar-refractivity contribution in [2.24, 2.45) is 0 Å². The molecule has 4 rings (SSSR count). The molecule has 0 saturated carbocycles. The molecule has 2 aromatic rings. The molecule has 0 unspecified atom stereocenters. The topological polar surface area (TPSA) is 47.5 Å². The van der Waals surface area contributed by atoms with Gasteiger partial charge in [0.2, 0.25) is 0 Å². The third-order valence-corrected chi connectivity index (χ3v) is 5.77. The Balaban J connectivity index is 1.36. The lowest BCUT2D eigenvalue weighted by Crippen LogP contribution is -2.47. The molecule has 2 aromatic heterocycles. The second kappa shape index (κ2) is 6.78. The van der Waals surface area contributed by atoms with Gasteiger partial charge in [0.15, 0.2) is 0 Å². The van der Waals surface area contributed by atoms with Crippen LogP contribution in [0.2, 0.25) is 0 Å². The van der Waals surface area contributed by atoms with Gasteiger partial charge >= 0.3 is 6.01 Å². The average molecular weight is 345 g/mol. The maximum atomic E-state index is 6.22. The summed E-state index contributed by atoms with van der Waals surface area (Å²) < 4.78 is 12.1. The first kappa shape index (κ1) is 16.0. The molecule has 2 atom stereocenters. The number of hydrogen-bond donors (Lipinski definition) is 0. The zero-order valence-electron chi connectivity index (χ0n) is 14.0. The van der Waals surface area contributed by atoms with E-state index in [-0.39, 0.29) is 11.7 Å². The summed E-state index contributed by atoms with van der Waals surface area (Å²) in [4.78, 5) is 13.6. The quantitative estimate of drug-likeness (QED) is 0.852. The molecular weight excluding hydrogens is 322 g/mol. The third kappa shape index (κ3) is 3.61. The molecule has 0 aromatic carbocycles. The standard InChI is InChI=1S/C18H23N3O2S/c1-14-4-5-16(24-14)11-21-9-2-6-18(13-21)10-15(12-22-18)23-17-19-7-3-8-20-17/h3-5,7-8,15H,2,6,9-13H2,1H3/t15-,18+/m0/s1. The first-order valence-corrected chi connectivity index (χ1v) is 9.38. The Bertz CT molecular complexity index is 678. The van der Waals surface area contributed by atoms with Gasteiger partial charge in [-0.05, 0) is 44.5 Å². The summed E-state index contributed by atoms with van der Waals surface area (Å²) >= 11 is 1.89. The van der Waals surface area contributed by atoms with Crippen LogP contribution in [0.4, 0.5) is 0 Å². The summed E-state index contributed by atoms with van der Waals surface area (Å²) in [6, 6.07) is 6.69. The number of hydrogen-bond acceptors (Lipinski definition) is 6. The monoisotopic (exact) mass is 345 g/mol. The molecule has 2 aliphatic rings. The molecule has 2 aliphatic heterocycles. The van der Waals surface area contributed by atoms with Gasteiger partial charge in [-0.25, -0.2) is 9.97 Å². The van der Waals surface area contributed by atoms with Crippen LogP contribution in [0.1, 0.15) is 29.0 Å². The second-order valence-corrected chi connectivity index (χ2v) is 8.17.